The molecule has 13 heteroatoms. The molecule has 1 fully saturated rings. The second-order valence-corrected chi connectivity index (χ2v) is 8.90. The Morgan fingerprint density at radius 2 is 1.56 bits per heavy atom. The third-order valence-corrected chi connectivity index (χ3v) is 6.41. The molecule has 0 amide bonds. The maximum Gasteiger partial charge on any atom is 0.229 e. The smallest absolute Gasteiger partial charge is 0.229 e. The van der Waals surface area contributed by atoms with Gasteiger partial charge in [0, 0.05) is 5.56 Å². The van der Waals surface area contributed by atoms with Gasteiger partial charge in [0.05, 0.1) is 34.0 Å². The highest BCUT2D eigenvalue weighted by atomic mass is 16.7. The molecule has 0 radical (unpaired) electrons. The van der Waals surface area contributed by atoms with Crippen LogP contribution in [0.3, 0.4) is 0 Å². The molecule has 0 aliphatic carbocycles. The van der Waals surface area contributed by atoms with Crippen LogP contribution in [-0.4, -0.2) is 107 Å². The standard InChI is InChI=1S/C26H32O13/c1-34-15-6-12(4-3-5-27)7-17-25(15)37-19(11-29)23(36-17)13-8-14(30)24(16(9-13)35-2)39-26-22(33)21(32)20(31)18(10-28)38-26/h3-4,6-9,18-23,26-33H,5,10-11H2,1-2H3/b4-3+/t18-,19-,20-,21+,22-,23-,26+/m1/s1. The van der Waals surface area contributed by atoms with Crippen molar-refractivity contribution < 1.29 is 64.2 Å². The van der Waals surface area contributed by atoms with Gasteiger partial charge in [0.15, 0.2) is 35.2 Å². The Morgan fingerprint density at radius 1 is 0.846 bits per heavy atom. The molecule has 4 rings (SSSR count). The summed E-state index contributed by atoms with van der Waals surface area (Å²) in [7, 11) is 2.76. The number of phenolic OH excluding ortho intramolecular Hbond substituents is 1. The fourth-order valence-corrected chi connectivity index (χ4v) is 4.40. The molecule has 214 valence electrons. The van der Waals surface area contributed by atoms with Crippen molar-refractivity contribution in [1.82, 2.24) is 0 Å². The summed E-state index contributed by atoms with van der Waals surface area (Å²) in [5, 5.41) is 69.8. The molecule has 2 aliphatic heterocycles. The summed E-state index contributed by atoms with van der Waals surface area (Å²) in [5.41, 5.74) is 0.999. The van der Waals surface area contributed by atoms with Gasteiger partial charge in [0.25, 0.3) is 0 Å². The van der Waals surface area contributed by atoms with Crippen LogP contribution < -0.4 is 23.7 Å². The Morgan fingerprint density at radius 3 is 2.21 bits per heavy atom. The van der Waals surface area contributed by atoms with E-state index < -0.39 is 61.9 Å². The maximum atomic E-state index is 10.9. The lowest BCUT2D eigenvalue weighted by Gasteiger charge is -2.39. The molecule has 0 unspecified atom stereocenters. The van der Waals surface area contributed by atoms with Gasteiger partial charge in [0.2, 0.25) is 17.8 Å². The number of phenols is 1. The van der Waals surface area contributed by atoms with Gasteiger partial charge in [-0.3, -0.25) is 0 Å². The highest BCUT2D eigenvalue weighted by Gasteiger charge is 2.45. The zero-order valence-corrected chi connectivity index (χ0v) is 21.2. The number of aromatic hydroxyl groups is 1. The lowest BCUT2D eigenvalue weighted by Crippen LogP contribution is -2.60. The monoisotopic (exact) mass is 552 g/mol. The van der Waals surface area contributed by atoms with Crippen LogP contribution in [0.5, 0.6) is 34.5 Å². The number of aliphatic hydroxyl groups is 6. The molecule has 0 saturated carbocycles. The molecule has 39 heavy (non-hydrogen) atoms. The largest absolute Gasteiger partial charge is 0.504 e. The van der Waals surface area contributed by atoms with E-state index in [0.717, 1.165) is 0 Å². The van der Waals surface area contributed by atoms with Crippen LogP contribution in [-0.2, 0) is 4.74 Å². The van der Waals surface area contributed by atoms with Gasteiger partial charge < -0.3 is 64.2 Å². The number of aliphatic hydroxyl groups excluding tert-OH is 6. The van der Waals surface area contributed by atoms with Crippen LogP contribution in [0.25, 0.3) is 6.08 Å². The number of fused-ring (bicyclic) bond motifs is 1. The molecule has 13 nitrogen and oxygen atoms in total. The van der Waals surface area contributed by atoms with Gasteiger partial charge in [-0.1, -0.05) is 12.2 Å². The topological polar surface area (TPSA) is 197 Å². The number of methoxy groups -OCH3 is 2. The Hall–Kier alpha value is -3.30. The number of hydrogen-bond acceptors (Lipinski definition) is 13. The van der Waals surface area contributed by atoms with Crippen molar-refractivity contribution >= 4 is 6.08 Å². The van der Waals surface area contributed by atoms with Crippen molar-refractivity contribution in [2.45, 2.75) is 42.9 Å². The van der Waals surface area contributed by atoms with Crippen LogP contribution in [0.2, 0.25) is 0 Å². The third-order valence-electron chi connectivity index (χ3n) is 6.41. The molecule has 2 heterocycles. The number of hydrogen-bond donors (Lipinski definition) is 7. The van der Waals surface area contributed by atoms with E-state index in [4.69, 9.17) is 33.5 Å². The average molecular weight is 553 g/mol. The van der Waals surface area contributed by atoms with E-state index in [-0.39, 0.29) is 23.9 Å². The third kappa shape index (κ3) is 5.70. The fourth-order valence-electron chi connectivity index (χ4n) is 4.40. The van der Waals surface area contributed by atoms with Crippen molar-refractivity contribution in [3.8, 4) is 34.5 Å². The van der Waals surface area contributed by atoms with Gasteiger partial charge >= 0.3 is 0 Å². The second kappa shape index (κ2) is 12.3. The summed E-state index contributed by atoms with van der Waals surface area (Å²) >= 11 is 0. The molecule has 1 saturated heterocycles. The van der Waals surface area contributed by atoms with Crippen molar-refractivity contribution in [3.05, 3.63) is 41.5 Å². The minimum atomic E-state index is -1.71. The van der Waals surface area contributed by atoms with E-state index in [2.05, 4.69) is 0 Å². The predicted octanol–water partition coefficient (Wildman–Crippen LogP) is -0.533. The van der Waals surface area contributed by atoms with Crippen LogP contribution >= 0.6 is 0 Å². The highest BCUT2D eigenvalue weighted by molar-refractivity contribution is 5.63. The summed E-state index contributed by atoms with van der Waals surface area (Å²) < 4.78 is 33.9. The molecule has 0 spiro atoms. The number of rotatable bonds is 9. The Bertz CT molecular complexity index is 1170. The van der Waals surface area contributed by atoms with Gasteiger partial charge in [-0.2, -0.15) is 0 Å². The average Bonchev–Trinajstić information content (AvgIpc) is 2.95. The minimum Gasteiger partial charge on any atom is -0.504 e. The lowest BCUT2D eigenvalue weighted by molar-refractivity contribution is -0.277. The summed E-state index contributed by atoms with van der Waals surface area (Å²) in [6.07, 6.45) is -6.38. The molecule has 7 atom stereocenters. The molecule has 7 N–H and O–H groups in total. The molecule has 2 aromatic carbocycles. The quantitative estimate of drug-likeness (QED) is 0.210. The summed E-state index contributed by atoms with van der Waals surface area (Å²) in [4.78, 5) is 0. The predicted molar refractivity (Wildman–Crippen MR) is 133 cm³/mol. The zero-order chi connectivity index (χ0) is 28.3. The first kappa shape index (κ1) is 28.7. The molecular weight excluding hydrogens is 520 g/mol. The summed E-state index contributed by atoms with van der Waals surface area (Å²) in [6, 6.07) is 6.10. The van der Waals surface area contributed by atoms with Crippen LogP contribution in [0, 0.1) is 0 Å². The first-order chi connectivity index (χ1) is 18.8. The first-order valence-corrected chi connectivity index (χ1v) is 12.1. The van der Waals surface area contributed by atoms with Crippen molar-refractivity contribution in [2.24, 2.45) is 0 Å². The maximum absolute atomic E-state index is 10.9. The summed E-state index contributed by atoms with van der Waals surface area (Å²) in [6.45, 7) is -1.27. The van der Waals surface area contributed by atoms with Crippen molar-refractivity contribution in [1.29, 1.82) is 0 Å². The first-order valence-electron chi connectivity index (χ1n) is 12.1. The van der Waals surface area contributed by atoms with E-state index >= 15 is 0 Å². The second-order valence-electron chi connectivity index (χ2n) is 8.90. The molecular formula is C26H32O13. The number of ether oxygens (including phenoxy) is 6. The summed E-state index contributed by atoms with van der Waals surface area (Å²) in [5.74, 6) is 0.205. The SMILES string of the molecule is COc1cc([C@H]2Oc3cc(/C=C/CO)cc(OC)c3O[C@@H]2CO)cc(O)c1O[C@@H]1O[C@H](CO)[C@@H](O)[C@H](O)[C@H]1O. The van der Waals surface area contributed by atoms with Crippen LogP contribution in [0.15, 0.2) is 30.3 Å². The highest BCUT2D eigenvalue weighted by Crippen LogP contribution is 2.48. The molecule has 2 aliphatic rings. The van der Waals surface area contributed by atoms with Gasteiger partial charge in [-0.05, 0) is 29.8 Å². The molecule has 0 bridgehead atoms. The van der Waals surface area contributed by atoms with Gasteiger partial charge in [0.1, 0.15) is 24.4 Å². The van der Waals surface area contributed by atoms with E-state index in [1.165, 1.54) is 32.4 Å². The lowest BCUT2D eigenvalue weighted by atomic mass is 9.99. The minimum absolute atomic E-state index is 0.00902. The molecule has 0 aromatic heterocycles. The van der Waals surface area contributed by atoms with E-state index in [0.29, 0.717) is 22.6 Å². The van der Waals surface area contributed by atoms with E-state index in [1.54, 1.807) is 18.2 Å². The van der Waals surface area contributed by atoms with Gasteiger partial charge in [-0.25, -0.2) is 0 Å². The van der Waals surface area contributed by atoms with Gasteiger partial charge in [-0.15, -0.1) is 0 Å². The normalized spacial score (nSPS) is 28.4. The van der Waals surface area contributed by atoms with Crippen LogP contribution in [0.1, 0.15) is 17.2 Å². The van der Waals surface area contributed by atoms with E-state index in [1.807, 2.05) is 0 Å². The molecule has 2 aromatic rings. The fraction of sp³-hybridized carbons (Fsp3) is 0.462. The number of benzene rings is 2. The Balaban J connectivity index is 1.66. The Kier molecular flexibility index (Phi) is 9.02. The van der Waals surface area contributed by atoms with Crippen LogP contribution in [0.4, 0.5) is 0 Å². The van der Waals surface area contributed by atoms with Crippen molar-refractivity contribution in [3.63, 3.8) is 0 Å². The zero-order valence-electron chi connectivity index (χ0n) is 21.2. The van der Waals surface area contributed by atoms with Crippen molar-refractivity contribution in [2.75, 3.05) is 34.0 Å². The van der Waals surface area contributed by atoms with E-state index in [9.17, 15) is 30.6 Å². The Labute approximate surface area is 223 Å².